The van der Waals surface area contributed by atoms with Crippen molar-refractivity contribution < 1.29 is 79.9 Å². The van der Waals surface area contributed by atoms with Crippen LogP contribution < -0.4 is 9.47 Å². The zero-order valence-corrected chi connectivity index (χ0v) is 22.2. The summed E-state index contributed by atoms with van der Waals surface area (Å²) in [5, 5.41) is 111. The molecule has 1 unspecified atom stereocenters. The summed E-state index contributed by atoms with van der Waals surface area (Å²) in [4.78, 5) is 0. The van der Waals surface area contributed by atoms with Gasteiger partial charge < -0.3 is 79.9 Å². The van der Waals surface area contributed by atoms with Crippen LogP contribution in [0.4, 0.5) is 0 Å². The molecule has 11 N–H and O–H groups in total. The molecule has 2 saturated heterocycles. The first-order chi connectivity index (χ1) is 20.4. The van der Waals surface area contributed by atoms with E-state index in [1.165, 1.54) is 24.3 Å². The Kier molecular flexibility index (Phi) is 8.87. The molecule has 11 atom stereocenters. The smallest absolute Gasteiger partial charge is 0.229 e. The van der Waals surface area contributed by atoms with E-state index in [0.29, 0.717) is 0 Å². The van der Waals surface area contributed by atoms with Crippen molar-refractivity contribution in [2.75, 3.05) is 13.2 Å². The summed E-state index contributed by atoms with van der Waals surface area (Å²) in [5.74, 6) is -1.70. The van der Waals surface area contributed by atoms with Crippen molar-refractivity contribution in [2.45, 2.75) is 67.5 Å². The van der Waals surface area contributed by atoms with Gasteiger partial charge in [0.1, 0.15) is 71.8 Å². The van der Waals surface area contributed by atoms with Gasteiger partial charge in [0, 0.05) is 17.7 Å². The van der Waals surface area contributed by atoms with E-state index in [0.717, 1.165) is 12.1 Å². The molecule has 0 aromatic heterocycles. The van der Waals surface area contributed by atoms with Crippen molar-refractivity contribution in [1.82, 2.24) is 0 Å². The fourth-order valence-corrected chi connectivity index (χ4v) is 4.95. The van der Waals surface area contributed by atoms with Crippen molar-refractivity contribution in [3.05, 3.63) is 47.2 Å². The average molecular weight is 613 g/mol. The number of aliphatic hydroxyl groups excluding tert-OH is 8. The summed E-state index contributed by atoms with van der Waals surface area (Å²) in [6, 6.07) is 6.01. The number of phenols is 3. The highest BCUT2D eigenvalue weighted by molar-refractivity contribution is 5.70. The second kappa shape index (κ2) is 12.3. The maximum atomic E-state index is 10.6. The van der Waals surface area contributed by atoms with Gasteiger partial charge in [-0.3, -0.25) is 0 Å². The van der Waals surface area contributed by atoms with Crippen molar-refractivity contribution in [3.8, 4) is 28.7 Å². The van der Waals surface area contributed by atoms with Gasteiger partial charge in [0.2, 0.25) is 12.6 Å². The van der Waals surface area contributed by atoms with Crippen LogP contribution in [0, 0.1) is 0 Å². The van der Waals surface area contributed by atoms with Gasteiger partial charge in [0.25, 0.3) is 0 Å². The lowest BCUT2D eigenvalue weighted by Gasteiger charge is -2.41. The van der Waals surface area contributed by atoms with Gasteiger partial charge in [0.15, 0.2) is 17.6 Å². The summed E-state index contributed by atoms with van der Waals surface area (Å²) in [5.41, 5.74) is 0.269. The van der Waals surface area contributed by atoms with Crippen LogP contribution in [0.5, 0.6) is 28.7 Å². The molecule has 0 spiro atoms. The summed E-state index contributed by atoms with van der Waals surface area (Å²) < 4.78 is 28.6. The second-order valence-electron chi connectivity index (χ2n) is 10.3. The van der Waals surface area contributed by atoms with Crippen LogP contribution in [0.2, 0.25) is 0 Å². The molecule has 2 aromatic carbocycles. The number of benzene rings is 2. The molecule has 2 fully saturated rings. The predicted molar refractivity (Wildman–Crippen MR) is 138 cm³/mol. The topological polar surface area (TPSA) is 269 Å². The highest BCUT2D eigenvalue weighted by Crippen LogP contribution is 2.46. The van der Waals surface area contributed by atoms with Gasteiger partial charge in [-0.2, -0.15) is 0 Å². The van der Waals surface area contributed by atoms with Gasteiger partial charge in [-0.1, -0.05) is 6.07 Å². The molecule has 3 heterocycles. The number of hydrogen-bond acceptors (Lipinski definition) is 16. The minimum absolute atomic E-state index is 0.0293. The van der Waals surface area contributed by atoms with E-state index in [2.05, 4.69) is 0 Å². The zero-order chi connectivity index (χ0) is 31.2. The summed E-state index contributed by atoms with van der Waals surface area (Å²) in [6.07, 6.45) is -16.3. The maximum absolute atomic E-state index is 10.6. The van der Waals surface area contributed by atoms with Crippen LogP contribution in [0.3, 0.4) is 0 Å². The molecule has 236 valence electrons. The fourth-order valence-electron chi connectivity index (χ4n) is 4.95. The molecule has 5 rings (SSSR count). The summed E-state index contributed by atoms with van der Waals surface area (Å²) in [6.45, 7) is -1.45. The van der Waals surface area contributed by atoms with Crippen LogP contribution in [-0.2, 0) is 14.2 Å². The van der Waals surface area contributed by atoms with Crippen molar-refractivity contribution in [3.63, 3.8) is 0 Å². The molecule has 16 heteroatoms. The number of phenolic OH excluding ortho intramolecular Hbond substituents is 3. The second-order valence-corrected chi connectivity index (χ2v) is 10.3. The molecule has 3 aliphatic rings. The molecular weight excluding hydrogens is 580 g/mol. The highest BCUT2D eigenvalue weighted by Gasteiger charge is 2.47. The van der Waals surface area contributed by atoms with E-state index < -0.39 is 92.2 Å². The molecule has 0 radical (unpaired) electrons. The van der Waals surface area contributed by atoms with Crippen LogP contribution in [0.25, 0.3) is 6.08 Å². The van der Waals surface area contributed by atoms with E-state index in [9.17, 15) is 56.2 Å². The van der Waals surface area contributed by atoms with E-state index in [-0.39, 0.29) is 34.1 Å². The molecule has 0 amide bonds. The van der Waals surface area contributed by atoms with Crippen LogP contribution >= 0.6 is 0 Å². The Bertz CT molecular complexity index is 1330. The number of fused-ring (bicyclic) bond motifs is 1. The third kappa shape index (κ3) is 5.89. The first kappa shape index (κ1) is 31.0. The Morgan fingerprint density at radius 2 is 1.23 bits per heavy atom. The first-order valence-corrected chi connectivity index (χ1v) is 13.1. The Balaban J connectivity index is 1.54. The fraction of sp³-hybridized carbons (Fsp3) is 0.481. The molecule has 0 saturated carbocycles. The number of ether oxygens (including phenoxy) is 5. The summed E-state index contributed by atoms with van der Waals surface area (Å²) in [7, 11) is 0. The standard InChI is InChI=1S/C27H32O16/c28-7-17-19(33)21(35)23(37)26(42-17)40-15-5-10(30)4-14-11(15)6-16(25(39-14)9-1-2-12(31)13(32)3-9)41-27-24(38)22(36)20(34)18(8-29)43-27/h1-6,17-38H,7-8H2/t17-,18-,19+,20+,21-,22+,23+,24+,25?,26+,27+/m0/s1. The molecular formula is C27H32O16. The van der Waals surface area contributed by atoms with Gasteiger partial charge in [-0.05, 0) is 18.2 Å². The quantitative estimate of drug-likeness (QED) is 0.142. The van der Waals surface area contributed by atoms with Gasteiger partial charge in [-0.25, -0.2) is 0 Å². The van der Waals surface area contributed by atoms with Crippen molar-refractivity contribution in [2.24, 2.45) is 0 Å². The van der Waals surface area contributed by atoms with Gasteiger partial charge in [-0.15, -0.1) is 0 Å². The SMILES string of the molecule is OC[C@@H]1O[C@@H](Oc2cc(O)cc3c2C=C(O[C@@H]2O[C@@H](CO)[C@@H](O)[C@@H](O)[C@H]2O)C(c2ccc(O)c(O)c2)O3)[C@H](O)[C@@H](O)[C@@H]1O. The number of aliphatic hydroxyl groups is 8. The Labute approximate surface area is 243 Å². The molecule has 0 bridgehead atoms. The molecule has 2 aromatic rings. The third-order valence-electron chi connectivity index (χ3n) is 7.37. The molecule has 16 nitrogen and oxygen atoms in total. The summed E-state index contributed by atoms with van der Waals surface area (Å²) >= 11 is 0. The minimum Gasteiger partial charge on any atom is -0.508 e. The van der Waals surface area contributed by atoms with Crippen LogP contribution in [0.1, 0.15) is 17.2 Å². The third-order valence-corrected chi connectivity index (χ3v) is 7.37. The van der Waals surface area contributed by atoms with E-state index in [1.54, 1.807) is 0 Å². The monoisotopic (exact) mass is 612 g/mol. The van der Waals surface area contributed by atoms with Crippen LogP contribution in [0.15, 0.2) is 36.1 Å². The maximum Gasteiger partial charge on any atom is 0.229 e. The molecule has 43 heavy (non-hydrogen) atoms. The lowest BCUT2D eigenvalue weighted by atomic mass is 9.98. The lowest BCUT2D eigenvalue weighted by molar-refractivity contribution is -0.293. The van der Waals surface area contributed by atoms with Gasteiger partial charge in [0.05, 0.1) is 18.8 Å². The largest absolute Gasteiger partial charge is 0.508 e. The predicted octanol–water partition coefficient (Wildman–Crippen LogP) is -2.73. The Hall–Kier alpha value is -3.42. The van der Waals surface area contributed by atoms with Crippen molar-refractivity contribution in [1.29, 1.82) is 0 Å². The average Bonchev–Trinajstić information content (AvgIpc) is 2.98. The van der Waals surface area contributed by atoms with Crippen molar-refractivity contribution >= 4 is 6.08 Å². The zero-order valence-electron chi connectivity index (χ0n) is 22.2. The normalized spacial score (nSPS) is 35.8. The van der Waals surface area contributed by atoms with E-state index in [1.807, 2.05) is 0 Å². The highest BCUT2D eigenvalue weighted by atomic mass is 16.7. The molecule has 3 aliphatic heterocycles. The lowest BCUT2D eigenvalue weighted by Crippen LogP contribution is -2.60. The van der Waals surface area contributed by atoms with Gasteiger partial charge >= 0.3 is 0 Å². The Morgan fingerprint density at radius 3 is 1.79 bits per heavy atom. The minimum atomic E-state index is -1.81. The van der Waals surface area contributed by atoms with E-state index in [4.69, 9.17) is 23.7 Å². The number of rotatable bonds is 7. The Morgan fingerprint density at radius 1 is 0.651 bits per heavy atom. The van der Waals surface area contributed by atoms with E-state index >= 15 is 0 Å². The number of aromatic hydroxyl groups is 3. The first-order valence-electron chi connectivity index (χ1n) is 13.1. The number of hydrogen-bond donors (Lipinski definition) is 11. The van der Waals surface area contributed by atoms with Crippen LogP contribution in [-0.4, -0.2) is 131 Å². The molecule has 0 aliphatic carbocycles.